The van der Waals surface area contributed by atoms with E-state index >= 15 is 0 Å². The topological polar surface area (TPSA) is 59.3 Å². The molecule has 0 amide bonds. The van der Waals surface area contributed by atoms with Gasteiger partial charge in [0, 0.05) is 29.0 Å². The normalized spacial score (nSPS) is 9.95. The number of rotatable bonds is 2. The van der Waals surface area contributed by atoms with Crippen LogP contribution in [0.5, 0.6) is 0 Å². The van der Waals surface area contributed by atoms with Crippen molar-refractivity contribution < 1.29 is 9.90 Å². The van der Waals surface area contributed by atoms with Crippen LogP contribution in [0.25, 0.3) is 11.1 Å². The predicted octanol–water partition coefficient (Wildman–Crippen LogP) is 2.17. The van der Waals surface area contributed by atoms with Crippen LogP contribution in [0, 0.1) is 6.92 Å². The predicted molar refractivity (Wildman–Crippen MR) is 83.7 cm³/mol. The molecule has 0 radical (unpaired) electrons. The molecule has 1 aromatic carbocycles. The summed E-state index contributed by atoms with van der Waals surface area (Å²) in [5.74, 6) is -1.20. The Kier molecular flexibility index (Phi) is 5.77. The number of pyridine rings is 1. The van der Waals surface area contributed by atoms with Gasteiger partial charge >= 0.3 is 35.5 Å². The summed E-state index contributed by atoms with van der Waals surface area (Å²) in [6.45, 7) is 1.62. The van der Waals surface area contributed by atoms with Crippen molar-refractivity contribution in [1.29, 1.82) is 0 Å². The Bertz CT molecular complexity index is 708. The van der Waals surface area contributed by atoms with E-state index in [4.69, 9.17) is 5.11 Å². The molecule has 0 fully saturated rings. The van der Waals surface area contributed by atoms with E-state index in [-0.39, 0.29) is 35.1 Å². The van der Waals surface area contributed by atoms with E-state index in [1.54, 1.807) is 36.9 Å². The van der Waals surface area contributed by atoms with E-state index in [0.717, 1.165) is 4.47 Å². The number of hydrogen-bond acceptors (Lipinski definition) is 2. The van der Waals surface area contributed by atoms with E-state index in [1.807, 2.05) is 12.1 Å². The van der Waals surface area contributed by atoms with Crippen molar-refractivity contribution in [3.05, 3.63) is 56.4 Å². The molecule has 2 aromatic rings. The van der Waals surface area contributed by atoms with Gasteiger partial charge in [0.25, 0.3) is 0 Å². The number of carboxylic acid groups (broad SMARTS) is 1. The number of nitrogens with zero attached hydrogens (tertiary/aromatic N) is 1. The van der Waals surface area contributed by atoms with Gasteiger partial charge in [-0.05, 0) is 24.6 Å². The Morgan fingerprint density at radius 2 is 1.80 bits per heavy atom. The molecule has 0 aliphatic rings. The number of aryl methyl sites for hydroxylation is 1. The molecule has 0 saturated heterocycles. The van der Waals surface area contributed by atoms with Crippen LogP contribution in [0.15, 0.2) is 39.7 Å². The van der Waals surface area contributed by atoms with E-state index in [1.165, 1.54) is 0 Å². The molecule has 4 nitrogen and oxygen atoms in total. The maximum atomic E-state index is 12.3. The van der Waals surface area contributed by atoms with Crippen LogP contribution in [-0.4, -0.2) is 45.2 Å². The van der Waals surface area contributed by atoms with Crippen molar-refractivity contribution in [2.75, 3.05) is 0 Å². The zero-order valence-electron chi connectivity index (χ0n) is 10.5. The summed E-state index contributed by atoms with van der Waals surface area (Å²) in [5, 5.41) is 9.17. The summed E-state index contributed by atoms with van der Waals surface area (Å²) in [7, 11) is 1.73. The number of hydrogen-bond donors (Lipinski definition) is 1. The van der Waals surface area contributed by atoms with Gasteiger partial charge < -0.3 is 9.67 Å². The van der Waals surface area contributed by atoms with Crippen molar-refractivity contribution >= 4 is 51.5 Å². The van der Waals surface area contributed by atoms with Crippen molar-refractivity contribution in [3.8, 4) is 11.1 Å². The van der Waals surface area contributed by atoms with Crippen LogP contribution < -0.4 is 5.43 Å². The molecule has 1 heterocycles. The molecule has 0 aliphatic carbocycles. The number of aromatic carboxylic acids is 1. The van der Waals surface area contributed by atoms with Gasteiger partial charge in [-0.15, -0.1) is 0 Å². The molecule has 0 spiro atoms. The molecule has 0 atom stereocenters. The van der Waals surface area contributed by atoms with Gasteiger partial charge in [-0.1, -0.05) is 28.1 Å². The molecule has 100 valence electrons. The molecule has 2 rings (SSSR count). The second kappa shape index (κ2) is 6.72. The average molecular weight is 346 g/mol. The van der Waals surface area contributed by atoms with Gasteiger partial charge in [-0.2, -0.15) is 0 Å². The van der Waals surface area contributed by atoms with Crippen LogP contribution in [0.3, 0.4) is 0 Å². The molecular formula is C14H13BrNNaO3. The van der Waals surface area contributed by atoms with Crippen molar-refractivity contribution in [3.63, 3.8) is 0 Å². The average Bonchev–Trinajstić information content (AvgIpc) is 2.35. The SMILES string of the molecule is Cc1c(C(=O)O)c(=O)c(-c2ccc(Br)cc2)cn1C.[NaH]. The Balaban J connectivity index is 0.00000200. The Morgan fingerprint density at radius 1 is 1.25 bits per heavy atom. The third-order valence-electron chi connectivity index (χ3n) is 3.05. The number of benzene rings is 1. The molecule has 0 unspecified atom stereocenters. The van der Waals surface area contributed by atoms with Gasteiger partial charge in [0.2, 0.25) is 5.43 Å². The number of carboxylic acids is 1. The van der Waals surface area contributed by atoms with Crippen molar-refractivity contribution in [2.24, 2.45) is 7.05 Å². The summed E-state index contributed by atoms with van der Waals surface area (Å²) < 4.78 is 2.56. The zero-order valence-corrected chi connectivity index (χ0v) is 12.1. The standard InChI is InChI=1S/C14H12BrNO3.Na.H/c1-8-12(14(18)19)13(17)11(7-16(8)2)9-3-5-10(15)6-4-9;;/h3-7H,1-2H3,(H,18,19);;. The summed E-state index contributed by atoms with van der Waals surface area (Å²) in [6.07, 6.45) is 1.66. The number of carbonyl (C=O) groups is 1. The zero-order chi connectivity index (χ0) is 14.2. The Hall–Kier alpha value is -0.880. The van der Waals surface area contributed by atoms with Crippen LogP contribution in [-0.2, 0) is 7.05 Å². The molecule has 1 N–H and O–H groups in total. The third-order valence-corrected chi connectivity index (χ3v) is 3.58. The van der Waals surface area contributed by atoms with Crippen LogP contribution in [0.4, 0.5) is 0 Å². The van der Waals surface area contributed by atoms with Crippen molar-refractivity contribution in [2.45, 2.75) is 6.92 Å². The first-order valence-electron chi connectivity index (χ1n) is 5.61. The minimum atomic E-state index is -1.20. The second-order valence-corrected chi connectivity index (χ2v) is 5.17. The van der Waals surface area contributed by atoms with Crippen LogP contribution >= 0.6 is 15.9 Å². The van der Waals surface area contributed by atoms with Crippen LogP contribution in [0.2, 0.25) is 0 Å². The fourth-order valence-electron chi connectivity index (χ4n) is 1.91. The molecule has 0 bridgehead atoms. The fraction of sp³-hybridized carbons (Fsp3) is 0.143. The van der Waals surface area contributed by atoms with Crippen LogP contribution in [0.1, 0.15) is 16.1 Å². The van der Waals surface area contributed by atoms with E-state index < -0.39 is 11.4 Å². The van der Waals surface area contributed by atoms with Crippen molar-refractivity contribution in [1.82, 2.24) is 4.57 Å². The molecule has 6 heteroatoms. The van der Waals surface area contributed by atoms with Gasteiger partial charge in [0.1, 0.15) is 5.56 Å². The fourth-order valence-corrected chi connectivity index (χ4v) is 2.18. The number of aromatic nitrogens is 1. The maximum absolute atomic E-state index is 12.3. The Morgan fingerprint density at radius 3 is 2.30 bits per heavy atom. The molecule has 0 aliphatic heterocycles. The monoisotopic (exact) mass is 345 g/mol. The Labute approximate surface area is 146 Å². The first-order chi connectivity index (χ1) is 8.91. The summed E-state index contributed by atoms with van der Waals surface area (Å²) in [6, 6.07) is 7.19. The molecule has 20 heavy (non-hydrogen) atoms. The third kappa shape index (κ3) is 3.23. The first kappa shape index (κ1) is 17.2. The first-order valence-corrected chi connectivity index (χ1v) is 6.40. The second-order valence-electron chi connectivity index (χ2n) is 4.26. The summed E-state index contributed by atoms with van der Waals surface area (Å²) >= 11 is 3.32. The minimum absolute atomic E-state index is 0. The van der Waals surface area contributed by atoms with E-state index in [9.17, 15) is 9.59 Å². The van der Waals surface area contributed by atoms with Gasteiger partial charge in [0.15, 0.2) is 0 Å². The quantitative estimate of drug-likeness (QED) is 0.848. The summed E-state index contributed by atoms with van der Waals surface area (Å²) in [5.41, 5.74) is 0.899. The van der Waals surface area contributed by atoms with Gasteiger partial charge in [0.05, 0.1) is 0 Å². The molecular weight excluding hydrogens is 333 g/mol. The summed E-state index contributed by atoms with van der Waals surface area (Å²) in [4.78, 5) is 23.5. The molecule has 1 aromatic heterocycles. The van der Waals surface area contributed by atoms with E-state index in [0.29, 0.717) is 16.8 Å². The number of halogens is 1. The van der Waals surface area contributed by atoms with Gasteiger partial charge in [-0.25, -0.2) is 4.79 Å². The molecule has 0 saturated carbocycles. The van der Waals surface area contributed by atoms with Gasteiger partial charge in [-0.3, -0.25) is 4.79 Å². The van der Waals surface area contributed by atoms with E-state index in [2.05, 4.69) is 15.9 Å².